The smallest absolute Gasteiger partial charge is 0.262 e. The number of nitrogens with one attached hydrogen (secondary N) is 1. The van der Waals surface area contributed by atoms with E-state index >= 15 is 0 Å². The van der Waals surface area contributed by atoms with E-state index in [0.717, 1.165) is 16.8 Å². The van der Waals surface area contributed by atoms with Crippen LogP contribution in [0.3, 0.4) is 0 Å². The molecule has 1 amide bonds. The van der Waals surface area contributed by atoms with E-state index in [1.807, 2.05) is 39.0 Å². The molecular weight excluding hydrogens is 430 g/mol. The molecule has 0 fully saturated rings. The van der Waals surface area contributed by atoms with E-state index in [1.54, 1.807) is 48.5 Å². The predicted molar refractivity (Wildman–Crippen MR) is 131 cm³/mol. The Morgan fingerprint density at radius 2 is 1.59 bits per heavy atom. The Morgan fingerprint density at radius 1 is 0.882 bits per heavy atom. The number of hydrogen-bond acceptors (Lipinski definition) is 5. The summed E-state index contributed by atoms with van der Waals surface area (Å²) >= 11 is 0. The Labute approximate surface area is 198 Å². The quantitative estimate of drug-likeness (QED) is 0.392. The highest BCUT2D eigenvalue weighted by Gasteiger charge is 2.32. The van der Waals surface area contributed by atoms with Gasteiger partial charge in [0.15, 0.2) is 29.7 Å². The molecule has 1 aliphatic carbocycles. The summed E-state index contributed by atoms with van der Waals surface area (Å²) in [5, 5.41) is 2.86. The first kappa shape index (κ1) is 23.0. The Balaban J connectivity index is 1.50. The van der Waals surface area contributed by atoms with Gasteiger partial charge in [-0.05, 0) is 61.7 Å². The number of anilines is 1. The highest BCUT2D eigenvalue weighted by molar-refractivity contribution is 6.41. The fraction of sp³-hybridized carbons (Fsp3) is 0.179. The lowest BCUT2D eigenvalue weighted by molar-refractivity contribution is -0.118. The van der Waals surface area contributed by atoms with E-state index in [1.165, 1.54) is 0 Å². The zero-order valence-corrected chi connectivity index (χ0v) is 19.3. The number of amides is 1. The molecule has 4 rings (SSSR count). The maximum Gasteiger partial charge on any atom is 0.262 e. The lowest BCUT2D eigenvalue weighted by Crippen LogP contribution is -2.21. The van der Waals surface area contributed by atoms with E-state index in [4.69, 9.17) is 9.47 Å². The first-order valence-electron chi connectivity index (χ1n) is 11.0. The molecule has 6 heteroatoms. The zero-order valence-electron chi connectivity index (χ0n) is 19.3. The van der Waals surface area contributed by atoms with Gasteiger partial charge in [-0.1, -0.05) is 42.5 Å². The lowest BCUT2D eigenvalue weighted by atomic mass is 10.1. The van der Waals surface area contributed by atoms with Crippen LogP contribution < -0.4 is 14.8 Å². The van der Waals surface area contributed by atoms with Crippen molar-refractivity contribution >= 4 is 29.2 Å². The molecule has 0 aromatic heterocycles. The van der Waals surface area contributed by atoms with Crippen molar-refractivity contribution in [1.29, 1.82) is 0 Å². The largest absolute Gasteiger partial charge is 0.490 e. The maximum atomic E-state index is 12.7. The standard InChI is InChI=1S/C28H25NO5/c1-4-33-25-15-19(14-22-27(31)20-9-5-6-10-21(20)28(22)32)12-13-24(25)34-16-26(30)29-23-11-7-8-17(2)18(23)3/h5-15H,4,16H2,1-3H3,(H,29,30). The van der Waals surface area contributed by atoms with E-state index in [2.05, 4.69) is 5.32 Å². The van der Waals surface area contributed by atoms with E-state index in [9.17, 15) is 14.4 Å². The number of benzene rings is 3. The molecule has 0 saturated heterocycles. The summed E-state index contributed by atoms with van der Waals surface area (Å²) in [5.74, 6) is -0.0504. The van der Waals surface area contributed by atoms with Gasteiger partial charge >= 0.3 is 0 Å². The van der Waals surface area contributed by atoms with Crippen molar-refractivity contribution in [2.24, 2.45) is 0 Å². The molecule has 34 heavy (non-hydrogen) atoms. The normalized spacial score (nSPS) is 12.4. The van der Waals surface area contributed by atoms with Crippen LogP contribution in [0.4, 0.5) is 5.69 Å². The third-order valence-corrected chi connectivity index (χ3v) is 5.72. The number of rotatable bonds is 7. The van der Waals surface area contributed by atoms with Gasteiger partial charge in [0.1, 0.15) is 0 Å². The van der Waals surface area contributed by atoms with Crippen molar-refractivity contribution in [3.63, 3.8) is 0 Å². The summed E-state index contributed by atoms with van der Waals surface area (Å²) in [6, 6.07) is 17.6. The van der Waals surface area contributed by atoms with E-state index in [-0.39, 0.29) is 29.7 Å². The number of fused-ring (bicyclic) bond motifs is 1. The van der Waals surface area contributed by atoms with Crippen molar-refractivity contribution in [2.75, 3.05) is 18.5 Å². The highest BCUT2D eigenvalue weighted by Crippen LogP contribution is 2.32. The molecular formula is C28H25NO5. The Kier molecular flexibility index (Phi) is 6.59. The Bertz CT molecular complexity index is 1290. The average Bonchev–Trinajstić information content (AvgIpc) is 3.07. The molecule has 0 aliphatic heterocycles. The number of Topliss-reactive ketones (excluding diaryl/α,β-unsaturated/α-hetero) is 2. The van der Waals surface area contributed by atoms with E-state index in [0.29, 0.717) is 34.8 Å². The summed E-state index contributed by atoms with van der Waals surface area (Å²) in [5.41, 5.74) is 4.40. The van der Waals surface area contributed by atoms with Crippen LogP contribution in [0.1, 0.15) is 44.3 Å². The number of carbonyl (C=O) groups excluding carboxylic acids is 3. The summed E-state index contributed by atoms with van der Waals surface area (Å²) in [7, 11) is 0. The maximum absolute atomic E-state index is 12.7. The molecule has 3 aromatic carbocycles. The predicted octanol–water partition coefficient (Wildman–Crippen LogP) is 5.18. The van der Waals surface area contributed by atoms with Crippen LogP contribution in [0.25, 0.3) is 6.08 Å². The summed E-state index contributed by atoms with van der Waals surface area (Å²) in [6.07, 6.45) is 1.56. The van der Waals surface area contributed by atoms with Gasteiger partial charge in [-0.15, -0.1) is 0 Å². The first-order chi connectivity index (χ1) is 16.4. The summed E-state index contributed by atoms with van der Waals surface area (Å²) < 4.78 is 11.4. The molecule has 0 radical (unpaired) electrons. The lowest BCUT2D eigenvalue weighted by Gasteiger charge is -2.14. The second-order valence-electron chi connectivity index (χ2n) is 7.99. The van der Waals surface area contributed by atoms with Gasteiger partial charge in [0.2, 0.25) is 0 Å². The van der Waals surface area contributed by atoms with Gasteiger partial charge in [-0.3, -0.25) is 14.4 Å². The number of aryl methyl sites for hydroxylation is 1. The molecule has 3 aromatic rings. The number of ketones is 2. The van der Waals surface area contributed by atoms with Crippen LogP contribution in [-0.2, 0) is 4.79 Å². The van der Waals surface area contributed by atoms with Gasteiger partial charge in [-0.25, -0.2) is 0 Å². The van der Waals surface area contributed by atoms with Crippen LogP contribution in [0.5, 0.6) is 11.5 Å². The molecule has 0 spiro atoms. The number of ether oxygens (including phenoxy) is 2. The second kappa shape index (κ2) is 9.75. The molecule has 172 valence electrons. The third-order valence-electron chi connectivity index (χ3n) is 5.72. The van der Waals surface area contributed by atoms with Gasteiger partial charge in [0.05, 0.1) is 12.2 Å². The number of carbonyl (C=O) groups is 3. The zero-order chi connectivity index (χ0) is 24.2. The molecule has 0 unspecified atom stereocenters. The minimum atomic E-state index is -0.290. The van der Waals surface area contributed by atoms with Crippen molar-refractivity contribution in [3.05, 3.63) is 94.1 Å². The van der Waals surface area contributed by atoms with Gasteiger partial charge in [0, 0.05) is 16.8 Å². The van der Waals surface area contributed by atoms with Crippen LogP contribution in [0.2, 0.25) is 0 Å². The Hall–Kier alpha value is -4.19. The number of allylic oxidation sites excluding steroid dienone is 1. The SMILES string of the molecule is CCOc1cc(C=C2C(=O)c3ccccc3C2=O)ccc1OCC(=O)Nc1cccc(C)c1C. The second-order valence-corrected chi connectivity index (χ2v) is 7.99. The van der Waals surface area contributed by atoms with E-state index < -0.39 is 0 Å². The molecule has 0 atom stereocenters. The van der Waals surface area contributed by atoms with Crippen molar-refractivity contribution in [3.8, 4) is 11.5 Å². The fourth-order valence-electron chi connectivity index (χ4n) is 3.79. The third kappa shape index (κ3) is 4.62. The molecule has 0 saturated carbocycles. The van der Waals surface area contributed by atoms with Crippen molar-refractivity contribution in [2.45, 2.75) is 20.8 Å². The minimum absolute atomic E-state index is 0.116. The van der Waals surface area contributed by atoms with Crippen molar-refractivity contribution in [1.82, 2.24) is 0 Å². The summed E-state index contributed by atoms with van der Waals surface area (Å²) in [4.78, 5) is 37.8. The molecule has 6 nitrogen and oxygen atoms in total. The van der Waals surface area contributed by atoms with Gasteiger partial charge in [0.25, 0.3) is 5.91 Å². The van der Waals surface area contributed by atoms with Gasteiger partial charge < -0.3 is 14.8 Å². The summed E-state index contributed by atoms with van der Waals surface area (Å²) in [6.45, 7) is 5.96. The first-order valence-corrected chi connectivity index (χ1v) is 11.0. The molecule has 1 N–H and O–H groups in total. The van der Waals surface area contributed by atoms with Crippen LogP contribution in [0.15, 0.2) is 66.2 Å². The Morgan fingerprint density at radius 3 is 2.26 bits per heavy atom. The molecule has 1 aliphatic rings. The van der Waals surface area contributed by atoms with Gasteiger partial charge in [-0.2, -0.15) is 0 Å². The fourth-order valence-corrected chi connectivity index (χ4v) is 3.79. The highest BCUT2D eigenvalue weighted by atomic mass is 16.5. The topological polar surface area (TPSA) is 81.7 Å². The molecule has 0 heterocycles. The monoisotopic (exact) mass is 455 g/mol. The molecule has 0 bridgehead atoms. The van der Waals surface area contributed by atoms with Crippen LogP contribution in [0, 0.1) is 13.8 Å². The minimum Gasteiger partial charge on any atom is -0.490 e. The van der Waals surface area contributed by atoms with Crippen LogP contribution >= 0.6 is 0 Å². The average molecular weight is 456 g/mol. The van der Waals surface area contributed by atoms with Crippen LogP contribution in [-0.4, -0.2) is 30.7 Å². The van der Waals surface area contributed by atoms with Crippen molar-refractivity contribution < 1.29 is 23.9 Å². The number of hydrogen-bond donors (Lipinski definition) is 1.